The number of hydrogen-bond donors (Lipinski definition) is 0. The van der Waals surface area contributed by atoms with Gasteiger partial charge in [0, 0.05) is 11.1 Å². The molecule has 164 valence electrons. The van der Waals surface area contributed by atoms with Crippen molar-refractivity contribution in [1.82, 2.24) is 9.55 Å². The van der Waals surface area contributed by atoms with Crippen molar-refractivity contribution < 1.29 is 0 Å². The molecule has 2 aromatic rings. The fraction of sp³-hybridized carbons (Fsp3) is 0.621. The molecule has 0 spiro atoms. The molecule has 4 aliphatic rings. The maximum Gasteiger partial charge on any atom is 0.100 e. The van der Waals surface area contributed by atoms with Gasteiger partial charge in [-0.3, -0.25) is 0 Å². The van der Waals surface area contributed by atoms with Crippen LogP contribution in [0.2, 0.25) is 0 Å². The van der Waals surface area contributed by atoms with Gasteiger partial charge >= 0.3 is 0 Å². The van der Waals surface area contributed by atoms with Gasteiger partial charge in [0.2, 0.25) is 0 Å². The number of hydrogen-bond acceptors (Lipinski definition) is 1. The Morgan fingerprint density at radius 3 is 2.74 bits per heavy atom. The van der Waals surface area contributed by atoms with E-state index in [1.165, 1.54) is 63.3 Å². The first kappa shape index (κ1) is 19.8. The Kier molecular flexibility index (Phi) is 4.53. The van der Waals surface area contributed by atoms with E-state index >= 15 is 0 Å². The molecule has 2 saturated carbocycles. The topological polar surface area (TPSA) is 17.8 Å². The summed E-state index contributed by atoms with van der Waals surface area (Å²) in [6.45, 7) is 7.48. The third kappa shape index (κ3) is 2.66. The SMILES string of the molecule is CC[C@H]1CC[C@@]2(C)C(=CCC3C4CC=C(n5cnc6ccccc65)[C@@]4(CC)CCC32)C1. The molecule has 0 bridgehead atoms. The van der Waals surface area contributed by atoms with Crippen molar-refractivity contribution >= 4 is 16.7 Å². The molecule has 1 heterocycles. The quantitative estimate of drug-likeness (QED) is 0.467. The van der Waals surface area contributed by atoms with E-state index in [9.17, 15) is 0 Å². The number of para-hydroxylation sites is 2. The van der Waals surface area contributed by atoms with Gasteiger partial charge in [-0.1, -0.05) is 57.0 Å². The molecule has 6 atom stereocenters. The van der Waals surface area contributed by atoms with Crippen molar-refractivity contribution in [3.63, 3.8) is 0 Å². The number of nitrogens with zero attached hydrogens (tertiary/aromatic N) is 2. The van der Waals surface area contributed by atoms with Gasteiger partial charge < -0.3 is 4.57 Å². The zero-order valence-corrected chi connectivity index (χ0v) is 19.6. The average Bonchev–Trinajstić information content (AvgIpc) is 3.40. The molecule has 0 N–H and O–H groups in total. The Labute approximate surface area is 187 Å². The van der Waals surface area contributed by atoms with Crippen LogP contribution >= 0.6 is 0 Å². The second-order valence-electron chi connectivity index (χ2n) is 11.3. The van der Waals surface area contributed by atoms with Gasteiger partial charge in [-0.2, -0.15) is 0 Å². The molecule has 3 unspecified atom stereocenters. The van der Waals surface area contributed by atoms with Crippen LogP contribution in [-0.4, -0.2) is 9.55 Å². The van der Waals surface area contributed by atoms with E-state index in [2.05, 4.69) is 68.1 Å². The first-order valence-electron chi connectivity index (χ1n) is 12.9. The zero-order valence-electron chi connectivity index (χ0n) is 19.6. The van der Waals surface area contributed by atoms with Crippen molar-refractivity contribution in [2.45, 2.75) is 78.6 Å². The molecular weight excluding hydrogens is 376 g/mol. The highest BCUT2D eigenvalue weighted by atomic mass is 15.1. The Balaban J connectivity index is 1.36. The van der Waals surface area contributed by atoms with Crippen LogP contribution in [0.4, 0.5) is 0 Å². The lowest BCUT2D eigenvalue weighted by molar-refractivity contribution is -0.0238. The minimum atomic E-state index is 0.326. The number of allylic oxidation sites excluding steroid dienone is 4. The maximum atomic E-state index is 4.74. The molecule has 0 radical (unpaired) electrons. The molecule has 31 heavy (non-hydrogen) atoms. The molecule has 2 nitrogen and oxygen atoms in total. The fourth-order valence-corrected chi connectivity index (χ4v) is 8.57. The van der Waals surface area contributed by atoms with Crippen molar-refractivity contribution in [3.8, 4) is 0 Å². The summed E-state index contributed by atoms with van der Waals surface area (Å²) in [5.41, 5.74) is 6.59. The Hall–Kier alpha value is -1.83. The summed E-state index contributed by atoms with van der Waals surface area (Å²) in [5, 5.41) is 0. The van der Waals surface area contributed by atoms with Crippen molar-refractivity contribution in [1.29, 1.82) is 0 Å². The molecule has 1 aromatic heterocycles. The normalized spacial score (nSPS) is 39.5. The van der Waals surface area contributed by atoms with E-state index in [0.717, 1.165) is 29.2 Å². The predicted octanol–water partition coefficient (Wildman–Crippen LogP) is 7.87. The van der Waals surface area contributed by atoms with Crippen LogP contribution in [-0.2, 0) is 0 Å². The Morgan fingerprint density at radius 1 is 1.03 bits per heavy atom. The molecule has 1 aromatic carbocycles. The summed E-state index contributed by atoms with van der Waals surface area (Å²) in [5.74, 6) is 3.47. The van der Waals surface area contributed by atoms with Gasteiger partial charge in [-0.15, -0.1) is 0 Å². The molecule has 0 saturated heterocycles. The van der Waals surface area contributed by atoms with Crippen molar-refractivity contribution in [2.24, 2.45) is 34.5 Å². The lowest BCUT2D eigenvalue weighted by Crippen LogP contribution is -2.50. The largest absolute Gasteiger partial charge is 0.302 e. The summed E-state index contributed by atoms with van der Waals surface area (Å²) in [6, 6.07) is 8.65. The van der Waals surface area contributed by atoms with Gasteiger partial charge in [0.05, 0.1) is 11.0 Å². The van der Waals surface area contributed by atoms with Crippen LogP contribution in [0.5, 0.6) is 0 Å². The summed E-state index contributed by atoms with van der Waals surface area (Å²) >= 11 is 0. The Morgan fingerprint density at radius 2 is 1.90 bits per heavy atom. The van der Waals surface area contributed by atoms with Crippen LogP contribution in [0.3, 0.4) is 0 Å². The molecule has 2 heteroatoms. The molecule has 0 aliphatic heterocycles. The van der Waals surface area contributed by atoms with Crippen LogP contribution < -0.4 is 0 Å². The smallest absolute Gasteiger partial charge is 0.100 e. The molecular formula is C29H38N2. The van der Waals surface area contributed by atoms with Crippen LogP contribution in [0.15, 0.2) is 48.3 Å². The molecule has 4 aliphatic carbocycles. The lowest BCUT2D eigenvalue weighted by Gasteiger charge is -2.58. The number of fused-ring (bicyclic) bond motifs is 6. The van der Waals surface area contributed by atoms with Gasteiger partial charge in [0.1, 0.15) is 6.33 Å². The minimum absolute atomic E-state index is 0.326. The van der Waals surface area contributed by atoms with E-state index in [1.54, 1.807) is 5.70 Å². The van der Waals surface area contributed by atoms with Gasteiger partial charge in [0.25, 0.3) is 0 Å². The second-order valence-corrected chi connectivity index (χ2v) is 11.3. The van der Waals surface area contributed by atoms with Crippen LogP contribution in [0.25, 0.3) is 16.7 Å². The number of rotatable bonds is 3. The van der Waals surface area contributed by atoms with Crippen LogP contribution in [0, 0.1) is 34.5 Å². The summed E-state index contributed by atoms with van der Waals surface area (Å²) in [4.78, 5) is 4.74. The molecule has 2 fully saturated rings. The number of imidazole rings is 1. The average molecular weight is 415 g/mol. The highest BCUT2D eigenvalue weighted by Crippen LogP contribution is 2.67. The maximum absolute atomic E-state index is 4.74. The lowest BCUT2D eigenvalue weighted by atomic mass is 9.46. The summed E-state index contributed by atoms with van der Waals surface area (Å²) in [6.07, 6.45) is 19.6. The van der Waals surface area contributed by atoms with Crippen LogP contribution in [0.1, 0.15) is 78.6 Å². The molecule has 0 amide bonds. The van der Waals surface area contributed by atoms with Crippen molar-refractivity contribution in [2.75, 3.05) is 0 Å². The third-order valence-electron chi connectivity index (χ3n) is 10.4. The summed E-state index contributed by atoms with van der Waals surface area (Å²) < 4.78 is 2.44. The monoisotopic (exact) mass is 414 g/mol. The number of aromatic nitrogens is 2. The van der Waals surface area contributed by atoms with E-state index in [0.29, 0.717) is 10.8 Å². The van der Waals surface area contributed by atoms with Gasteiger partial charge in [-0.25, -0.2) is 4.98 Å². The highest BCUT2D eigenvalue weighted by Gasteiger charge is 2.58. The van der Waals surface area contributed by atoms with E-state index in [1.807, 2.05) is 5.57 Å². The second kappa shape index (κ2) is 7.09. The van der Waals surface area contributed by atoms with Gasteiger partial charge in [-0.05, 0) is 92.6 Å². The van der Waals surface area contributed by atoms with E-state index in [-0.39, 0.29) is 0 Å². The first-order valence-corrected chi connectivity index (χ1v) is 12.9. The molecule has 6 rings (SSSR count). The predicted molar refractivity (Wildman–Crippen MR) is 129 cm³/mol. The minimum Gasteiger partial charge on any atom is -0.302 e. The van der Waals surface area contributed by atoms with Gasteiger partial charge in [0.15, 0.2) is 0 Å². The van der Waals surface area contributed by atoms with E-state index < -0.39 is 0 Å². The first-order chi connectivity index (χ1) is 15.1. The van der Waals surface area contributed by atoms with E-state index in [4.69, 9.17) is 4.98 Å². The Bertz CT molecular complexity index is 1060. The standard InChI is InChI=1S/C29H38N2/c1-4-20-14-16-28(3)21(18-20)10-11-22-23(28)15-17-29(5-2)24(22)12-13-27(29)31-19-30-25-8-6-7-9-26(25)31/h6-10,13,19-20,22-24H,4-5,11-12,14-18H2,1-3H3/t20-,22?,23?,24?,28-,29-/m0/s1. The zero-order chi connectivity index (χ0) is 21.2. The summed E-state index contributed by atoms with van der Waals surface area (Å²) in [7, 11) is 0. The third-order valence-corrected chi connectivity index (χ3v) is 10.4. The number of benzene rings is 1. The highest BCUT2D eigenvalue weighted by molar-refractivity contribution is 5.80. The van der Waals surface area contributed by atoms with Crippen molar-refractivity contribution in [3.05, 3.63) is 48.3 Å². The fourth-order valence-electron chi connectivity index (χ4n) is 8.57.